The van der Waals surface area contributed by atoms with E-state index in [4.69, 9.17) is 0 Å². The molecule has 3 aliphatic carbocycles. The Balaban J connectivity index is 1.62. The summed E-state index contributed by atoms with van der Waals surface area (Å²) in [5.41, 5.74) is 1.99. The van der Waals surface area contributed by atoms with E-state index < -0.39 is 10.0 Å². The van der Waals surface area contributed by atoms with Crippen LogP contribution in [0.4, 0.5) is 0 Å². The van der Waals surface area contributed by atoms with Crippen LogP contribution in [0.25, 0.3) is 0 Å². The van der Waals surface area contributed by atoms with Crippen LogP contribution in [0.1, 0.15) is 38.2 Å². The van der Waals surface area contributed by atoms with Gasteiger partial charge in [0, 0.05) is 11.6 Å². The molecule has 118 valence electrons. The zero-order chi connectivity index (χ0) is 15.5. The molecule has 4 unspecified atom stereocenters. The molecular weight excluding hydrogens is 294 g/mol. The highest BCUT2D eigenvalue weighted by Crippen LogP contribution is 2.69. The van der Waals surface area contributed by atoms with E-state index in [1.54, 1.807) is 12.1 Å². The fourth-order valence-electron chi connectivity index (χ4n) is 5.05. The molecule has 0 saturated heterocycles. The van der Waals surface area contributed by atoms with Crippen LogP contribution in [0.5, 0.6) is 0 Å². The van der Waals surface area contributed by atoms with Gasteiger partial charge in [0.15, 0.2) is 0 Å². The summed E-state index contributed by atoms with van der Waals surface area (Å²) < 4.78 is 29.4. The molecule has 0 aliphatic heterocycles. The average Bonchev–Trinajstić information content (AvgIpc) is 2.92. The molecule has 1 aromatic carbocycles. The molecule has 4 atom stereocenters. The molecule has 0 aromatic heterocycles. The van der Waals surface area contributed by atoms with E-state index in [1.807, 2.05) is 26.0 Å². The van der Waals surface area contributed by atoms with Crippen LogP contribution < -0.4 is 0 Å². The van der Waals surface area contributed by atoms with Crippen molar-refractivity contribution in [3.63, 3.8) is 0 Å². The number of benzene rings is 1. The monoisotopic (exact) mass is 317 g/mol. The molecule has 3 saturated carbocycles. The maximum absolute atomic E-state index is 12.6. The largest absolute Gasteiger partial charge is 0.282 e. The molecule has 1 aromatic rings. The van der Waals surface area contributed by atoms with Gasteiger partial charge in [0.1, 0.15) is 0 Å². The van der Waals surface area contributed by atoms with Crippen LogP contribution in [-0.2, 0) is 10.0 Å². The van der Waals surface area contributed by atoms with Gasteiger partial charge in [0.05, 0.1) is 4.90 Å². The van der Waals surface area contributed by atoms with Crippen molar-refractivity contribution in [2.24, 2.45) is 34.0 Å². The molecule has 0 N–H and O–H groups in total. The molecule has 3 nitrogen and oxygen atoms in total. The van der Waals surface area contributed by atoms with E-state index in [1.165, 1.54) is 19.3 Å². The van der Waals surface area contributed by atoms with Crippen LogP contribution in [0.15, 0.2) is 33.6 Å². The van der Waals surface area contributed by atoms with E-state index in [2.05, 4.69) is 4.40 Å². The molecule has 22 heavy (non-hydrogen) atoms. The first-order valence-electron chi connectivity index (χ1n) is 8.41. The SMILES string of the molecule is CC/C(=N\S(=O)(=O)c1ccc(C)cc1)C1C2C3CCC(C3)C12. The molecular formula is C18H23NO2S. The van der Waals surface area contributed by atoms with E-state index >= 15 is 0 Å². The first-order valence-corrected chi connectivity index (χ1v) is 9.85. The van der Waals surface area contributed by atoms with Crippen molar-refractivity contribution in [2.75, 3.05) is 0 Å². The van der Waals surface area contributed by atoms with Gasteiger partial charge in [0.25, 0.3) is 10.0 Å². The lowest BCUT2D eigenvalue weighted by Gasteiger charge is -2.10. The van der Waals surface area contributed by atoms with Gasteiger partial charge in [-0.3, -0.25) is 0 Å². The lowest BCUT2D eigenvalue weighted by molar-refractivity contribution is 0.456. The normalized spacial score (nSPS) is 36.5. The predicted octanol–water partition coefficient (Wildman–Crippen LogP) is 3.83. The molecule has 0 amide bonds. The van der Waals surface area contributed by atoms with E-state index in [0.29, 0.717) is 10.8 Å². The number of hydrogen-bond donors (Lipinski definition) is 0. The summed E-state index contributed by atoms with van der Waals surface area (Å²) in [5.74, 6) is 3.63. The minimum Gasteiger partial charge on any atom is -0.199 e. The van der Waals surface area contributed by atoms with Crippen LogP contribution in [0.3, 0.4) is 0 Å². The molecule has 4 heteroatoms. The van der Waals surface area contributed by atoms with E-state index in [-0.39, 0.29) is 0 Å². The number of hydrogen-bond acceptors (Lipinski definition) is 2. The lowest BCUT2D eigenvalue weighted by atomic mass is 9.98. The van der Waals surface area contributed by atoms with Gasteiger partial charge < -0.3 is 0 Å². The van der Waals surface area contributed by atoms with Crippen molar-refractivity contribution >= 4 is 15.7 Å². The Kier molecular flexibility index (Phi) is 3.23. The Morgan fingerprint density at radius 1 is 1.14 bits per heavy atom. The fourth-order valence-corrected chi connectivity index (χ4v) is 6.19. The lowest BCUT2D eigenvalue weighted by Crippen LogP contribution is -2.12. The quantitative estimate of drug-likeness (QED) is 0.792. The summed E-state index contributed by atoms with van der Waals surface area (Å²) in [7, 11) is -3.55. The Morgan fingerprint density at radius 3 is 2.27 bits per heavy atom. The third-order valence-corrected chi connectivity index (χ3v) is 7.38. The van der Waals surface area contributed by atoms with Crippen LogP contribution in [0.2, 0.25) is 0 Å². The van der Waals surface area contributed by atoms with Crippen LogP contribution >= 0.6 is 0 Å². The van der Waals surface area contributed by atoms with Crippen molar-refractivity contribution in [1.29, 1.82) is 0 Å². The van der Waals surface area contributed by atoms with Crippen molar-refractivity contribution in [2.45, 2.75) is 44.4 Å². The molecule has 0 radical (unpaired) electrons. The highest BCUT2D eigenvalue weighted by molar-refractivity contribution is 7.90. The Labute approximate surface area is 132 Å². The van der Waals surface area contributed by atoms with Gasteiger partial charge in [-0.2, -0.15) is 12.8 Å². The average molecular weight is 317 g/mol. The van der Waals surface area contributed by atoms with Crippen molar-refractivity contribution < 1.29 is 8.42 Å². The number of sulfonamides is 1. The summed E-state index contributed by atoms with van der Waals surface area (Å²) in [5, 5.41) is 0. The Morgan fingerprint density at radius 2 is 1.73 bits per heavy atom. The topological polar surface area (TPSA) is 46.5 Å². The minimum absolute atomic E-state index is 0.317. The van der Waals surface area contributed by atoms with Gasteiger partial charge in [-0.1, -0.05) is 24.6 Å². The van der Waals surface area contributed by atoms with Gasteiger partial charge in [-0.05, 0) is 68.4 Å². The maximum Gasteiger partial charge on any atom is 0.282 e. The Hall–Kier alpha value is -1.16. The summed E-state index contributed by atoms with van der Waals surface area (Å²) in [6, 6.07) is 7.00. The molecule has 3 aliphatic rings. The van der Waals surface area contributed by atoms with E-state index in [9.17, 15) is 8.42 Å². The van der Waals surface area contributed by atoms with Crippen molar-refractivity contribution in [3.05, 3.63) is 29.8 Å². The first kappa shape index (κ1) is 14.4. The third kappa shape index (κ3) is 2.15. The summed E-state index contributed by atoms with van der Waals surface area (Å²) in [6.45, 7) is 4.00. The van der Waals surface area contributed by atoms with E-state index in [0.717, 1.165) is 41.4 Å². The standard InChI is InChI=1S/C18H23NO2S/c1-3-15(18-16-12-6-7-13(10-12)17(16)18)19-22(20,21)14-8-4-11(2)5-9-14/h4-5,8-9,12-13,16-18H,3,6-7,10H2,1-2H3/b19-15+. The number of rotatable bonds is 4. The second-order valence-corrected chi connectivity index (χ2v) is 8.84. The third-order valence-electron chi connectivity index (χ3n) is 6.04. The van der Waals surface area contributed by atoms with Gasteiger partial charge in [-0.25, -0.2) is 0 Å². The van der Waals surface area contributed by atoms with Crippen molar-refractivity contribution in [3.8, 4) is 0 Å². The van der Waals surface area contributed by atoms with Gasteiger partial charge in [-0.15, -0.1) is 0 Å². The number of fused-ring (bicyclic) bond motifs is 5. The maximum atomic E-state index is 12.6. The zero-order valence-electron chi connectivity index (χ0n) is 13.2. The smallest absolute Gasteiger partial charge is 0.199 e. The molecule has 2 bridgehead atoms. The van der Waals surface area contributed by atoms with Gasteiger partial charge >= 0.3 is 0 Å². The Bertz CT molecular complexity index is 704. The fraction of sp³-hybridized carbons (Fsp3) is 0.611. The van der Waals surface area contributed by atoms with Crippen LogP contribution in [-0.4, -0.2) is 14.1 Å². The highest BCUT2D eigenvalue weighted by Gasteiger charge is 2.66. The minimum atomic E-state index is -3.55. The predicted molar refractivity (Wildman–Crippen MR) is 87.4 cm³/mol. The van der Waals surface area contributed by atoms with Gasteiger partial charge in [0.2, 0.25) is 0 Å². The van der Waals surface area contributed by atoms with Crippen LogP contribution in [0, 0.1) is 36.5 Å². The molecule has 3 fully saturated rings. The summed E-state index contributed by atoms with van der Waals surface area (Å²) in [4.78, 5) is 0.317. The number of nitrogens with zero attached hydrogens (tertiary/aromatic N) is 1. The number of aryl methyl sites for hydroxylation is 1. The molecule has 0 spiro atoms. The second-order valence-electron chi connectivity index (χ2n) is 7.24. The van der Waals surface area contributed by atoms with Crippen molar-refractivity contribution in [1.82, 2.24) is 0 Å². The first-order chi connectivity index (χ1) is 10.5. The molecule has 4 rings (SSSR count). The zero-order valence-corrected chi connectivity index (χ0v) is 14.0. The summed E-state index contributed by atoms with van der Waals surface area (Å²) in [6.07, 6.45) is 4.84. The second kappa shape index (κ2) is 4.92. The summed E-state index contributed by atoms with van der Waals surface area (Å²) >= 11 is 0. The molecule has 0 heterocycles. The highest BCUT2D eigenvalue weighted by atomic mass is 32.2.